The first-order valence-electron chi connectivity index (χ1n) is 4.72. The van der Waals surface area contributed by atoms with Crippen LogP contribution in [0.15, 0.2) is 0 Å². The molecule has 0 aromatic carbocycles. The van der Waals surface area contributed by atoms with Gasteiger partial charge >= 0.3 is 5.97 Å². The second-order valence-electron chi connectivity index (χ2n) is 3.16. The number of halogens is 1. The van der Waals surface area contributed by atoms with Crippen LogP contribution in [0.1, 0.15) is 32.6 Å². The van der Waals surface area contributed by atoms with Gasteiger partial charge in [0, 0.05) is 6.04 Å². The number of rotatable bonds is 3. The zero-order valence-corrected chi connectivity index (χ0v) is 8.86. The number of hydrogen-bond donors (Lipinski definition) is 1. The van der Waals surface area contributed by atoms with Gasteiger partial charge in [-0.05, 0) is 26.3 Å². The van der Waals surface area contributed by atoms with Gasteiger partial charge in [-0.1, -0.05) is 6.42 Å². The van der Waals surface area contributed by atoms with Gasteiger partial charge in [0.2, 0.25) is 0 Å². The Morgan fingerprint density at radius 3 is 2.85 bits per heavy atom. The van der Waals surface area contributed by atoms with Crippen LogP contribution in [0, 0.1) is 0 Å². The van der Waals surface area contributed by atoms with Crippen LogP contribution in [0.25, 0.3) is 0 Å². The summed E-state index contributed by atoms with van der Waals surface area (Å²) in [5, 5.41) is 3.31. The maximum atomic E-state index is 11.0. The van der Waals surface area contributed by atoms with Crippen molar-refractivity contribution in [2.24, 2.45) is 0 Å². The van der Waals surface area contributed by atoms with Gasteiger partial charge in [-0.2, -0.15) is 0 Å². The second-order valence-corrected chi connectivity index (χ2v) is 3.16. The molecule has 4 heteroatoms. The SMILES string of the molecule is CCOC(=O)C[C@H]1CCCCN1.Cl. The summed E-state index contributed by atoms with van der Waals surface area (Å²) in [7, 11) is 0. The van der Waals surface area contributed by atoms with Gasteiger partial charge in [-0.3, -0.25) is 4.79 Å². The van der Waals surface area contributed by atoms with E-state index in [4.69, 9.17) is 4.74 Å². The molecule has 1 rings (SSSR count). The highest BCUT2D eigenvalue weighted by atomic mass is 35.5. The van der Waals surface area contributed by atoms with Crippen molar-refractivity contribution in [1.29, 1.82) is 0 Å². The van der Waals surface area contributed by atoms with Crippen molar-refractivity contribution in [2.75, 3.05) is 13.2 Å². The predicted molar refractivity (Wildman–Crippen MR) is 54.1 cm³/mol. The number of nitrogens with one attached hydrogen (secondary N) is 1. The Morgan fingerprint density at radius 1 is 1.54 bits per heavy atom. The van der Waals surface area contributed by atoms with Crippen molar-refractivity contribution in [1.82, 2.24) is 5.32 Å². The van der Waals surface area contributed by atoms with E-state index in [0.29, 0.717) is 19.1 Å². The quantitative estimate of drug-likeness (QED) is 0.713. The van der Waals surface area contributed by atoms with Crippen molar-refractivity contribution in [3.05, 3.63) is 0 Å². The monoisotopic (exact) mass is 207 g/mol. The van der Waals surface area contributed by atoms with Gasteiger partial charge in [0.25, 0.3) is 0 Å². The van der Waals surface area contributed by atoms with E-state index in [9.17, 15) is 4.79 Å². The number of piperidine rings is 1. The second kappa shape index (κ2) is 7.15. The molecule has 0 spiro atoms. The van der Waals surface area contributed by atoms with Crippen molar-refractivity contribution < 1.29 is 9.53 Å². The van der Waals surface area contributed by atoms with E-state index in [-0.39, 0.29) is 18.4 Å². The lowest BCUT2D eigenvalue weighted by Gasteiger charge is -2.22. The van der Waals surface area contributed by atoms with Gasteiger partial charge in [0.1, 0.15) is 0 Å². The van der Waals surface area contributed by atoms with Gasteiger partial charge < -0.3 is 10.1 Å². The first-order chi connectivity index (χ1) is 5.83. The fourth-order valence-corrected chi connectivity index (χ4v) is 1.52. The standard InChI is InChI=1S/C9H17NO2.ClH/c1-2-12-9(11)7-8-5-3-4-6-10-8;/h8,10H,2-7H2,1H3;1H/t8-;/m1./s1. The highest BCUT2D eigenvalue weighted by molar-refractivity contribution is 5.85. The van der Waals surface area contributed by atoms with E-state index < -0.39 is 0 Å². The van der Waals surface area contributed by atoms with Crippen molar-refractivity contribution in [2.45, 2.75) is 38.6 Å². The highest BCUT2D eigenvalue weighted by Crippen LogP contribution is 2.10. The lowest BCUT2D eigenvalue weighted by Crippen LogP contribution is -2.36. The third-order valence-corrected chi connectivity index (χ3v) is 2.13. The summed E-state index contributed by atoms with van der Waals surface area (Å²) in [5.41, 5.74) is 0. The van der Waals surface area contributed by atoms with Gasteiger partial charge in [-0.25, -0.2) is 0 Å². The summed E-state index contributed by atoms with van der Waals surface area (Å²) in [6.45, 7) is 3.38. The van der Waals surface area contributed by atoms with E-state index >= 15 is 0 Å². The van der Waals surface area contributed by atoms with Crippen molar-refractivity contribution in [3.63, 3.8) is 0 Å². The maximum Gasteiger partial charge on any atom is 0.307 e. The minimum atomic E-state index is -0.0723. The minimum absolute atomic E-state index is 0. The molecule has 0 saturated carbocycles. The third kappa shape index (κ3) is 5.11. The summed E-state index contributed by atoms with van der Waals surface area (Å²) in [6.07, 6.45) is 4.11. The molecule has 0 radical (unpaired) electrons. The van der Waals surface area contributed by atoms with Crippen LogP contribution in [0.4, 0.5) is 0 Å². The first kappa shape index (κ1) is 12.7. The number of carbonyl (C=O) groups excluding carboxylic acids is 1. The molecule has 78 valence electrons. The predicted octanol–water partition coefficient (Wildman–Crippen LogP) is 1.50. The van der Waals surface area contributed by atoms with Crippen LogP contribution in [0.5, 0.6) is 0 Å². The number of esters is 1. The maximum absolute atomic E-state index is 11.0. The zero-order chi connectivity index (χ0) is 8.81. The minimum Gasteiger partial charge on any atom is -0.466 e. The number of hydrogen-bond acceptors (Lipinski definition) is 3. The van der Waals surface area contributed by atoms with E-state index in [2.05, 4.69) is 5.32 Å². The van der Waals surface area contributed by atoms with E-state index in [1.165, 1.54) is 12.8 Å². The van der Waals surface area contributed by atoms with Crippen LogP contribution < -0.4 is 5.32 Å². The molecular weight excluding hydrogens is 190 g/mol. The molecule has 0 amide bonds. The molecule has 3 nitrogen and oxygen atoms in total. The Balaban J connectivity index is 0.00000144. The molecular formula is C9H18ClNO2. The van der Waals surface area contributed by atoms with Gasteiger partial charge in [0.15, 0.2) is 0 Å². The van der Waals surface area contributed by atoms with Crippen LogP contribution >= 0.6 is 12.4 Å². The topological polar surface area (TPSA) is 38.3 Å². The summed E-state index contributed by atoms with van der Waals surface area (Å²) in [5.74, 6) is -0.0723. The van der Waals surface area contributed by atoms with Crippen molar-refractivity contribution >= 4 is 18.4 Å². The molecule has 0 aromatic heterocycles. The molecule has 0 unspecified atom stereocenters. The van der Waals surface area contributed by atoms with Crippen LogP contribution in [0.3, 0.4) is 0 Å². The molecule has 1 fully saturated rings. The average Bonchev–Trinajstić information content (AvgIpc) is 2.06. The summed E-state index contributed by atoms with van der Waals surface area (Å²) in [6, 6.07) is 0.359. The van der Waals surface area contributed by atoms with Gasteiger partial charge in [-0.15, -0.1) is 12.4 Å². The smallest absolute Gasteiger partial charge is 0.307 e. The summed E-state index contributed by atoms with van der Waals surface area (Å²) in [4.78, 5) is 11.0. The molecule has 1 aliphatic heterocycles. The molecule has 1 saturated heterocycles. The van der Waals surface area contributed by atoms with E-state index in [1.807, 2.05) is 6.92 Å². The Labute approximate surface area is 85.6 Å². The fraction of sp³-hybridized carbons (Fsp3) is 0.889. The lowest BCUT2D eigenvalue weighted by atomic mass is 10.0. The summed E-state index contributed by atoms with van der Waals surface area (Å²) < 4.78 is 4.87. The zero-order valence-electron chi connectivity index (χ0n) is 8.04. The summed E-state index contributed by atoms with van der Waals surface area (Å²) >= 11 is 0. The molecule has 0 bridgehead atoms. The Bertz CT molecular complexity index is 147. The van der Waals surface area contributed by atoms with E-state index in [1.54, 1.807) is 0 Å². The fourth-order valence-electron chi connectivity index (χ4n) is 1.52. The van der Waals surface area contributed by atoms with Crippen LogP contribution in [0.2, 0.25) is 0 Å². The van der Waals surface area contributed by atoms with Crippen LogP contribution in [-0.2, 0) is 9.53 Å². The number of carbonyl (C=O) groups is 1. The highest BCUT2D eigenvalue weighted by Gasteiger charge is 2.16. The molecule has 1 heterocycles. The third-order valence-electron chi connectivity index (χ3n) is 2.13. The molecule has 0 aromatic rings. The lowest BCUT2D eigenvalue weighted by molar-refractivity contribution is -0.143. The molecule has 1 N–H and O–H groups in total. The molecule has 1 atom stereocenters. The molecule has 13 heavy (non-hydrogen) atoms. The van der Waals surface area contributed by atoms with Crippen molar-refractivity contribution in [3.8, 4) is 0 Å². The van der Waals surface area contributed by atoms with Crippen LogP contribution in [-0.4, -0.2) is 25.2 Å². The normalized spacial score (nSPS) is 21.8. The van der Waals surface area contributed by atoms with Gasteiger partial charge in [0.05, 0.1) is 13.0 Å². The number of ether oxygens (including phenoxy) is 1. The molecule has 1 aliphatic rings. The Morgan fingerprint density at radius 2 is 2.31 bits per heavy atom. The molecule has 0 aliphatic carbocycles. The Hall–Kier alpha value is -0.280. The Kier molecular flexibility index (Phi) is 7.00. The first-order valence-corrected chi connectivity index (χ1v) is 4.72. The van der Waals surface area contributed by atoms with E-state index in [0.717, 1.165) is 13.0 Å². The largest absolute Gasteiger partial charge is 0.466 e. The average molecular weight is 208 g/mol.